The molecule has 5 heteroatoms. The SMILES string of the molecule is Cc1ccc(C)c(C(C)NC(=O)c2cc(-c3cccn3C)n[nH]2)c1. The fraction of sp³-hybridized carbons (Fsp3) is 0.263. The molecule has 2 N–H and O–H groups in total. The van der Waals surface area contributed by atoms with Gasteiger partial charge in [0.05, 0.1) is 11.7 Å². The van der Waals surface area contributed by atoms with Gasteiger partial charge in [-0.25, -0.2) is 0 Å². The standard InChI is InChI=1S/C19H22N4O/c1-12-7-8-13(2)15(10-12)14(3)20-19(24)17-11-16(21-22-17)18-6-5-9-23(18)4/h5-11,14H,1-4H3,(H,20,24)(H,21,22). The molecule has 1 atom stereocenters. The molecule has 0 spiro atoms. The molecule has 0 saturated heterocycles. The van der Waals surface area contributed by atoms with Crippen LogP contribution in [0.25, 0.3) is 11.4 Å². The van der Waals surface area contributed by atoms with Crippen LogP contribution in [0, 0.1) is 13.8 Å². The lowest BCUT2D eigenvalue weighted by molar-refractivity contribution is 0.0934. The summed E-state index contributed by atoms with van der Waals surface area (Å²) in [5.74, 6) is -0.156. The molecule has 2 aromatic heterocycles. The smallest absolute Gasteiger partial charge is 0.269 e. The summed E-state index contributed by atoms with van der Waals surface area (Å²) >= 11 is 0. The Labute approximate surface area is 141 Å². The highest BCUT2D eigenvalue weighted by Crippen LogP contribution is 2.20. The predicted octanol–water partition coefficient (Wildman–Crippen LogP) is 3.52. The number of hydrogen-bond donors (Lipinski definition) is 2. The molecule has 0 aliphatic carbocycles. The van der Waals surface area contributed by atoms with Crippen LogP contribution < -0.4 is 5.32 Å². The van der Waals surface area contributed by atoms with Crippen molar-refractivity contribution in [2.75, 3.05) is 0 Å². The van der Waals surface area contributed by atoms with Gasteiger partial charge in [-0.2, -0.15) is 5.10 Å². The van der Waals surface area contributed by atoms with Gasteiger partial charge in [-0.1, -0.05) is 23.8 Å². The lowest BCUT2D eigenvalue weighted by Crippen LogP contribution is -2.27. The molecule has 0 radical (unpaired) electrons. The molecule has 0 aliphatic rings. The van der Waals surface area contributed by atoms with Gasteiger partial charge in [-0.3, -0.25) is 9.89 Å². The molecule has 1 amide bonds. The van der Waals surface area contributed by atoms with Gasteiger partial charge in [0.1, 0.15) is 11.4 Å². The summed E-state index contributed by atoms with van der Waals surface area (Å²) in [6.07, 6.45) is 1.95. The molecule has 5 nitrogen and oxygen atoms in total. The number of aromatic nitrogens is 3. The first kappa shape index (κ1) is 16.1. The van der Waals surface area contributed by atoms with Gasteiger partial charge in [-0.05, 0) is 50.1 Å². The van der Waals surface area contributed by atoms with Crippen molar-refractivity contribution >= 4 is 5.91 Å². The number of benzene rings is 1. The van der Waals surface area contributed by atoms with Crippen LogP contribution in [0.5, 0.6) is 0 Å². The zero-order chi connectivity index (χ0) is 17.3. The third kappa shape index (κ3) is 3.11. The normalized spacial score (nSPS) is 12.2. The molecule has 0 aliphatic heterocycles. The molecule has 0 saturated carbocycles. The van der Waals surface area contributed by atoms with Gasteiger partial charge in [0.15, 0.2) is 0 Å². The quantitative estimate of drug-likeness (QED) is 0.772. The molecule has 2 heterocycles. The van der Waals surface area contributed by atoms with Crippen LogP contribution in [0.1, 0.15) is 40.1 Å². The molecule has 3 aromatic rings. The van der Waals surface area contributed by atoms with Crippen molar-refractivity contribution in [1.29, 1.82) is 0 Å². The van der Waals surface area contributed by atoms with E-state index in [0.29, 0.717) is 5.69 Å². The van der Waals surface area contributed by atoms with E-state index in [9.17, 15) is 4.79 Å². The topological polar surface area (TPSA) is 62.7 Å². The highest BCUT2D eigenvalue weighted by atomic mass is 16.2. The molecule has 3 rings (SSSR count). The summed E-state index contributed by atoms with van der Waals surface area (Å²) in [6, 6.07) is 11.9. The number of aromatic amines is 1. The zero-order valence-corrected chi connectivity index (χ0v) is 14.4. The van der Waals surface area contributed by atoms with E-state index >= 15 is 0 Å². The maximum atomic E-state index is 12.5. The molecule has 24 heavy (non-hydrogen) atoms. The molecule has 1 unspecified atom stereocenters. The van der Waals surface area contributed by atoms with Gasteiger partial charge in [0.25, 0.3) is 5.91 Å². The Hall–Kier alpha value is -2.82. The van der Waals surface area contributed by atoms with Crippen molar-refractivity contribution in [3.63, 3.8) is 0 Å². The van der Waals surface area contributed by atoms with Crippen LogP contribution >= 0.6 is 0 Å². The highest BCUT2D eigenvalue weighted by molar-refractivity contribution is 5.93. The van der Waals surface area contributed by atoms with Crippen LogP contribution in [0.3, 0.4) is 0 Å². The maximum Gasteiger partial charge on any atom is 0.269 e. The lowest BCUT2D eigenvalue weighted by atomic mass is 10.00. The third-order valence-corrected chi connectivity index (χ3v) is 4.28. The van der Waals surface area contributed by atoms with E-state index in [4.69, 9.17) is 0 Å². The van der Waals surface area contributed by atoms with Crippen LogP contribution in [0.4, 0.5) is 0 Å². The second kappa shape index (κ2) is 6.35. The van der Waals surface area contributed by atoms with Gasteiger partial charge < -0.3 is 9.88 Å². The second-order valence-electron chi connectivity index (χ2n) is 6.23. The van der Waals surface area contributed by atoms with E-state index in [1.54, 1.807) is 6.07 Å². The summed E-state index contributed by atoms with van der Waals surface area (Å²) in [7, 11) is 1.95. The fourth-order valence-corrected chi connectivity index (χ4v) is 2.88. The molecule has 0 bridgehead atoms. The van der Waals surface area contributed by atoms with E-state index < -0.39 is 0 Å². The van der Waals surface area contributed by atoms with Crippen molar-refractivity contribution in [1.82, 2.24) is 20.1 Å². The second-order valence-corrected chi connectivity index (χ2v) is 6.23. The third-order valence-electron chi connectivity index (χ3n) is 4.28. The fourth-order valence-electron chi connectivity index (χ4n) is 2.88. The predicted molar refractivity (Wildman–Crippen MR) is 94.8 cm³/mol. The van der Waals surface area contributed by atoms with Crippen molar-refractivity contribution in [2.45, 2.75) is 26.8 Å². The first-order chi connectivity index (χ1) is 11.5. The van der Waals surface area contributed by atoms with Crippen molar-refractivity contribution < 1.29 is 4.79 Å². The highest BCUT2D eigenvalue weighted by Gasteiger charge is 2.16. The molecular weight excluding hydrogens is 300 g/mol. The summed E-state index contributed by atoms with van der Waals surface area (Å²) in [5.41, 5.74) is 5.67. The van der Waals surface area contributed by atoms with Crippen LogP contribution in [0.2, 0.25) is 0 Å². The largest absolute Gasteiger partial charge is 0.349 e. The Morgan fingerprint density at radius 2 is 2.04 bits per heavy atom. The summed E-state index contributed by atoms with van der Waals surface area (Å²) in [4.78, 5) is 12.5. The Morgan fingerprint density at radius 1 is 1.25 bits per heavy atom. The lowest BCUT2D eigenvalue weighted by Gasteiger charge is -2.16. The number of nitrogens with one attached hydrogen (secondary N) is 2. The number of nitrogens with zero attached hydrogens (tertiary/aromatic N) is 2. The Balaban J connectivity index is 1.77. The first-order valence-corrected chi connectivity index (χ1v) is 8.01. The van der Waals surface area contributed by atoms with Crippen molar-refractivity contribution in [2.24, 2.45) is 7.05 Å². The Bertz CT molecular complexity index is 875. The molecular formula is C19H22N4O. The minimum Gasteiger partial charge on any atom is -0.349 e. The number of carbonyl (C=O) groups is 1. The van der Waals surface area contributed by atoms with Crippen LogP contribution in [0.15, 0.2) is 42.6 Å². The summed E-state index contributed by atoms with van der Waals surface area (Å²) in [5, 5.41) is 10.1. The number of H-pyrrole nitrogens is 1. The van der Waals surface area contributed by atoms with Crippen LogP contribution in [-0.4, -0.2) is 20.7 Å². The van der Waals surface area contributed by atoms with Gasteiger partial charge in [0.2, 0.25) is 0 Å². The number of rotatable bonds is 4. The van der Waals surface area contributed by atoms with E-state index in [2.05, 4.69) is 47.6 Å². The first-order valence-electron chi connectivity index (χ1n) is 8.01. The zero-order valence-electron chi connectivity index (χ0n) is 14.4. The van der Waals surface area contributed by atoms with Gasteiger partial charge in [0, 0.05) is 13.2 Å². The molecule has 124 valence electrons. The average molecular weight is 322 g/mol. The Morgan fingerprint density at radius 3 is 2.75 bits per heavy atom. The van der Waals surface area contributed by atoms with E-state index in [-0.39, 0.29) is 11.9 Å². The van der Waals surface area contributed by atoms with Gasteiger partial charge in [-0.15, -0.1) is 0 Å². The minimum absolute atomic E-state index is 0.0702. The van der Waals surface area contributed by atoms with E-state index in [0.717, 1.165) is 17.0 Å². The Kier molecular flexibility index (Phi) is 4.25. The number of aryl methyl sites for hydroxylation is 3. The summed E-state index contributed by atoms with van der Waals surface area (Å²) in [6.45, 7) is 6.10. The number of hydrogen-bond acceptors (Lipinski definition) is 2. The minimum atomic E-state index is -0.156. The monoisotopic (exact) mass is 322 g/mol. The average Bonchev–Trinajstić information content (AvgIpc) is 3.18. The van der Waals surface area contributed by atoms with E-state index in [1.807, 2.05) is 36.9 Å². The van der Waals surface area contributed by atoms with Crippen molar-refractivity contribution in [3.8, 4) is 11.4 Å². The number of amides is 1. The van der Waals surface area contributed by atoms with Crippen LogP contribution in [-0.2, 0) is 7.05 Å². The summed E-state index contributed by atoms with van der Waals surface area (Å²) < 4.78 is 1.97. The molecule has 1 aromatic carbocycles. The van der Waals surface area contributed by atoms with Crippen molar-refractivity contribution in [3.05, 3.63) is 65.0 Å². The van der Waals surface area contributed by atoms with E-state index in [1.165, 1.54) is 11.1 Å². The van der Waals surface area contributed by atoms with Gasteiger partial charge >= 0.3 is 0 Å². The molecule has 0 fully saturated rings. The maximum absolute atomic E-state index is 12.5. The number of carbonyl (C=O) groups excluding carboxylic acids is 1.